The first-order valence-electron chi connectivity index (χ1n) is 4.75. The summed E-state index contributed by atoms with van der Waals surface area (Å²) in [7, 11) is 1.74. The highest BCUT2D eigenvalue weighted by atomic mass is 16.3. The van der Waals surface area contributed by atoms with Gasteiger partial charge in [-0.3, -0.25) is 4.79 Å². The Morgan fingerprint density at radius 3 is 2.92 bits per heavy atom. The summed E-state index contributed by atoms with van der Waals surface area (Å²) in [4.78, 5) is 13.3. The van der Waals surface area contributed by atoms with Crippen LogP contribution in [-0.4, -0.2) is 48.7 Å². The summed E-state index contributed by atoms with van der Waals surface area (Å²) in [5.41, 5.74) is 0. The smallest absolute Gasteiger partial charge is 0.226 e. The van der Waals surface area contributed by atoms with Gasteiger partial charge in [-0.2, -0.15) is 0 Å². The van der Waals surface area contributed by atoms with E-state index in [2.05, 4.69) is 5.32 Å². The monoisotopic (exact) mass is 186 g/mol. The maximum Gasteiger partial charge on any atom is 0.226 e. The van der Waals surface area contributed by atoms with E-state index in [9.17, 15) is 4.79 Å². The zero-order chi connectivity index (χ0) is 9.84. The van der Waals surface area contributed by atoms with Gasteiger partial charge in [0.1, 0.15) is 0 Å². The number of aliphatic hydroxyl groups excluding tert-OH is 1. The van der Waals surface area contributed by atoms with Crippen molar-refractivity contribution >= 4 is 5.91 Å². The van der Waals surface area contributed by atoms with Gasteiger partial charge in [-0.05, 0) is 19.9 Å². The summed E-state index contributed by atoms with van der Waals surface area (Å²) in [5, 5.41) is 12.3. The summed E-state index contributed by atoms with van der Waals surface area (Å²) in [6.07, 6.45) is 0.478. The van der Waals surface area contributed by atoms with Crippen molar-refractivity contribution in [3.8, 4) is 0 Å². The van der Waals surface area contributed by atoms with Crippen molar-refractivity contribution in [1.82, 2.24) is 10.2 Å². The molecule has 1 aliphatic rings. The molecule has 2 atom stereocenters. The van der Waals surface area contributed by atoms with Gasteiger partial charge in [-0.25, -0.2) is 0 Å². The highest BCUT2D eigenvalue weighted by molar-refractivity contribution is 5.79. The Morgan fingerprint density at radius 1 is 1.77 bits per heavy atom. The Bertz CT molecular complexity index is 176. The van der Waals surface area contributed by atoms with Crippen molar-refractivity contribution in [3.05, 3.63) is 0 Å². The second-order valence-electron chi connectivity index (χ2n) is 3.76. The largest absolute Gasteiger partial charge is 0.392 e. The molecule has 0 spiro atoms. The molecule has 0 aromatic rings. The number of aliphatic hydroxyl groups is 1. The number of amides is 1. The Morgan fingerprint density at radius 2 is 2.46 bits per heavy atom. The first-order valence-corrected chi connectivity index (χ1v) is 4.75. The van der Waals surface area contributed by atoms with E-state index in [0.717, 1.165) is 19.5 Å². The molecule has 0 saturated carbocycles. The maximum atomic E-state index is 11.7. The molecule has 0 aromatic heterocycles. The van der Waals surface area contributed by atoms with Crippen LogP contribution < -0.4 is 5.32 Å². The number of likely N-dealkylation sites (N-methyl/N-ethyl adjacent to an activating group) is 1. The predicted molar refractivity (Wildman–Crippen MR) is 50.3 cm³/mol. The minimum atomic E-state index is -0.441. The highest BCUT2D eigenvalue weighted by Crippen LogP contribution is 2.10. The fraction of sp³-hybridized carbons (Fsp3) is 0.889. The predicted octanol–water partition coefficient (Wildman–Crippen LogP) is -0.565. The van der Waals surface area contributed by atoms with Crippen LogP contribution in [0.3, 0.4) is 0 Å². The molecule has 76 valence electrons. The number of hydrogen-bond donors (Lipinski definition) is 2. The Labute approximate surface area is 78.9 Å². The molecule has 13 heavy (non-hydrogen) atoms. The van der Waals surface area contributed by atoms with Crippen molar-refractivity contribution in [1.29, 1.82) is 0 Å². The van der Waals surface area contributed by atoms with E-state index < -0.39 is 6.10 Å². The van der Waals surface area contributed by atoms with Crippen molar-refractivity contribution in [2.24, 2.45) is 5.92 Å². The lowest BCUT2D eigenvalue weighted by Gasteiger charge is -2.21. The van der Waals surface area contributed by atoms with E-state index in [0.29, 0.717) is 6.54 Å². The van der Waals surface area contributed by atoms with E-state index in [1.165, 1.54) is 0 Å². The van der Waals surface area contributed by atoms with Gasteiger partial charge in [-0.15, -0.1) is 0 Å². The van der Waals surface area contributed by atoms with Crippen LogP contribution >= 0.6 is 0 Å². The van der Waals surface area contributed by atoms with Crippen LogP contribution in [0.2, 0.25) is 0 Å². The first-order chi connectivity index (χ1) is 6.11. The van der Waals surface area contributed by atoms with Crippen LogP contribution in [0.25, 0.3) is 0 Å². The van der Waals surface area contributed by atoms with Gasteiger partial charge in [0, 0.05) is 20.1 Å². The zero-order valence-electron chi connectivity index (χ0n) is 8.29. The topological polar surface area (TPSA) is 52.6 Å². The molecule has 2 N–H and O–H groups in total. The van der Waals surface area contributed by atoms with Crippen LogP contribution in [0, 0.1) is 5.92 Å². The molecular formula is C9H18N2O2. The van der Waals surface area contributed by atoms with Crippen molar-refractivity contribution in [2.45, 2.75) is 19.4 Å². The number of carbonyl (C=O) groups is 1. The van der Waals surface area contributed by atoms with E-state index in [1.807, 2.05) is 0 Å². The fourth-order valence-electron chi connectivity index (χ4n) is 1.66. The lowest BCUT2D eigenvalue weighted by atomic mass is 10.1. The van der Waals surface area contributed by atoms with E-state index in [4.69, 9.17) is 5.11 Å². The zero-order valence-corrected chi connectivity index (χ0v) is 8.29. The number of nitrogens with zero attached hydrogens (tertiary/aromatic N) is 1. The van der Waals surface area contributed by atoms with Gasteiger partial charge in [-0.1, -0.05) is 0 Å². The minimum Gasteiger partial charge on any atom is -0.392 e. The molecule has 1 aliphatic heterocycles. The first kappa shape index (κ1) is 10.5. The van der Waals surface area contributed by atoms with Crippen LogP contribution in [0.4, 0.5) is 0 Å². The van der Waals surface area contributed by atoms with Gasteiger partial charge in [0.2, 0.25) is 5.91 Å². The standard InChI is InChI=1S/C9H18N2O2/c1-7(12)6-11(2)9(13)8-3-4-10-5-8/h7-8,10,12H,3-6H2,1-2H3. The molecule has 1 amide bonds. The normalized spacial score (nSPS) is 24.4. The molecule has 0 radical (unpaired) electrons. The number of rotatable bonds is 3. The second kappa shape index (κ2) is 4.58. The SMILES string of the molecule is CC(O)CN(C)C(=O)C1CCNC1. The van der Waals surface area contributed by atoms with Gasteiger partial charge in [0.25, 0.3) is 0 Å². The minimum absolute atomic E-state index is 0.115. The molecule has 2 unspecified atom stereocenters. The Balaban J connectivity index is 2.36. The van der Waals surface area contributed by atoms with E-state index in [-0.39, 0.29) is 11.8 Å². The summed E-state index contributed by atoms with van der Waals surface area (Å²) < 4.78 is 0. The third kappa shape index (κ3) is 2.97. The molecule has 1 rings (SSSR count). The molecule has 1 saturated heterocycles. The summed E-state index contributed by atoms with van der Waals surface area (Å²) in [6, 6.07) is 0. The highest BCUT2D eigenvalue weighted by Gasteiger charge is 2.25. The molecule has 1 fully saturated rings. The lowest BCUT2D eigenvalue weighted by molar-refractivity contribution is -0.134. The summed E-state index contributed by atoms with van der Waals surface area (Å²) in [6.45, 7) is 3.83. The summed E-state index contributed by atoms with van der Waals surface area (Å²) in [5.74, 6) is 0.259. The number of carbonyl (C=O) groups excluding carboxylic acids is 1. The van der Waals surface area contributed by atoms with E-state index in [1.54, 1.807) is 18.9 Å². The van der Waals surface area contributed by atoms with Crippen LogP contribution in [-0.2, 0) is 4.79 Å². The van der Waals surface area contributed by atoms with Gasteiger partial charge < -0.3 is 15.3 Å². The van der Waals surface area contributed by atoms with Crippen molar-refractivity contribution in [3.63, 3.8) is 0 Å². The van der Waals surface area contributed by atoms with Crippen LogP contribution in [0.1, 0.15) is 13.3 Å². The average molecular weight is 186 g/mol. The van der Waals surface area contributed by atoms with Crippen molar-refractivity contribution in [2.75, 3.05) is 26.7 Å². The van der Waals surface area contributed by atoms with Gasteiger partial charge in [0.15, 0.2) is 0 Å². The summed E-state index contributed by atoms with van der Waals surface area (Å²) >= 11 is 0. The molecule has 1 heterocycles. The third-order valence-corrected chi connectivity index (χ3v) is 2.32. The van der Waals surface area contributed by atoms with Crippen molar-refractivity contribution < 1.29 is 9.90 Å². The average Bonchev–Trinajstić information content (AvgIpc) is 2.53. The lowest BCUT2D eigenvalue weighted by Crippen LogP contribution is -2.38. The molecule has 0 aliphatic carbocycles. The molecular weight excluding hydrogens is 168 g/mol. The van der Waals surface area contributed by atoms with Gasteiger partial charge in [0.05, 0.1) is 12.0 Å². The van der Waals surface area contributed by atoms with Crippen LogP contribution in [0.5, 0.6) is 0 Å². The Kier molecular flexibility index (Phi) is 3.69. The third-order valence-electron chi connectivity index (χ3n) is 2.32. The maximum absolute atomic E-state index is 11.7. The molecule has 4 nitrogen and oxygen atoms in total. The van der Waals surface area contributed by atoms with Crippen LogP contribution in [0.15, 0.2) is 0 Å². The number of nitrogens with one attached hydrogen (secondary N) is 1. The fourth-order valence-corrected chi connectivity index (χ4v) is 1.66. The second-order valence-corrected chi connectivity index (χ2v) is 3.76. The van der Waals surface area contributed by atoms with Gasteiger partial charge >= 0.3 is 0 Å². The molecule has 0 bridgehead atoms. The molecule has 0 aromatic carbocycles. The Hall–Kier alpha value is -0.610. The molecule has 4 heteroatoms. The quantitative estimate of drug-likeness (QED) is 0.621. The number of hydrogen-bond acceptors (Lipinski definition) is 3. The van der Waals surface area contributed by atoms with E-state index >= 15 is 0 Å².